The zero-order chi connectivity index (χ0) is 19.6. The van der Waals surface area contributed by atoms with E-state index in [9.17, 15) is 4.79 Å². The quantitative estimate of drug-likeness (QED) is 0.556. The van der Waals surface area contributed by atoms with Gasteiger partial charge in [-0.15, -0.1) is 5.10 Å². The fourth-order valence-corrected chi connectivity index (χ4v) is 2.78. The molecule has 2 rings (SSSR count). The predicted octanol–water partition coefficient (Wildman–Crippen LogP) is 3.84. The lowest BCUT2D eigenvalue weighted by Gasteiger charge is -2.14. The average Bonchev–Trinajstić information content (AvgIpc) is 3.13. The summed E-state index contributed by atoms with van der Waals surface area (Å²) in [6.07, 6.45) is 3.67. The van der Waals surface area contributed by atoms with Gasteiger partial charge in [0.2, 0.25) is 0 Å². The highest BCUT2D eigenvalue weighted by Gasteiger charge is 2.24. The maximum absolute atomic E-state index is 13.1. The van der Waals surface area contributed by atoms with Gasteiger partial charge in [-0.1, -0.05) is 26.7 Å². The van der Waals surface area contributed by atoms with E-state index in [1.807, 2.05) is 31.2 Å². The second-order valence-electron chi connectivity index (χ2n) is 6.29. The van der Waals surface area contributed by atoms with Crippen LogP contribution in [0.3, 0.4) is 0 Å². The number of unbranched alkanes of at least 4 members (excludes halogenated alkanes) is 1. The smallest absolute Gasteiger partial charge is 0.336 e. The van der Waals surface area contributed by atoms with Crippen LogP contribution in [0.15, 0.2) is 24.3 Å². The second-order valence-corrected chi connectivity index (χ2v) is 6.29. The summed E-state index contributed by atoms with van der Waals surface area (Å²) in [5.74, 6) is 1.08. The number of methoxy groups -OCH3 is 2. The topological polar surface area (TPSA) is 75.5 Å². The van der Waals surface area contributed by atoms with Crippen LogP contribution in [0.1, 0.15) is 44.3 Å². The molecule has 0 aliphatic carbocycles. The van der Waals surface area contributed by atoms with E-state index < -0.39 is 0 Å². The van der Waals surface area contributed by atoms with E-state index in [1.54, 1.807) is 14.2 Å². The third-order valence-electron chi connectivity index (χ3n) is 4.41. The molecule has 148 valence electrons. The van der Waals surface area contributed by atoms with Crippen molar-refractivity contribution in [3.05, 3.63) is 24.3 Å². The Labute approximate surface area is 160 Å². The van der Waals surface area contributed by atoms with Crippen LogP contribution in [0, 0.1) is 5.92 Å². The lowest BCUT2D eigenvalue weighted by atomic mass is 9.98. The fraction of sp³-hybridized carbons (Fsp3) is 0.550. The zero-order valence-corrected chi connectivity index (χ0v) is 16.6. The number of carbonyl (C=O) groups is 1. The number of nitrogens with zero attached hydrogens (tertiary/aromatic N) is 3. The minimum Gasteiger partial charge on any atom is -0.497 e. The summed E-state index contributed by atoms with van der Waals surface area (Å²) in [4.78, 5) is 17.5. The highest BCUT2D eigenvalue weighted by atomic mass is 16.5. The highest BCUT2D eigenvalue weighted by Crippen LogP contribution is 2.25. The van der Waals surface area contributed by atoms with Crippen LogP contribution in [-0.2, 0) is 4.74 Å². The Kier molecular flexibility index (Phi) is 8.26. The van der Waals surface area contributed by atoms with E-state index in [-0.39, 0.29) is 17.8 Å². The summed E-state index contributed by atoms with van der Waals surface area (Å²) in [6.45, 7) is 4.90. The molecule has 0 radical (unpaired) electrons. The maximum atomic E-state index is 13.1. The summed E-state index contributed by atoms with van der Waals surface area (Å²) in [5.41, 5.74) is 0.781. The summed E-state index contributed by atoms with van der Waals surface area (Å²) >= 11 is 0. The summed E-state index contributed by atoms with van der Waals surface area (Å²) in [5, 5.41) is 4.32. The Bertz CT molecular complexity index is 713. The lowest BCUT2D eigenvalue weighted by molar-refractivity contribution is 0.0803. The Morgan fingerprint density at radius 2 is 1.89 bits per heavy atom. The summed E-state index contributed by atoms with van der Waals surface area (Å²) < 4.78 is 17.1. The fourth-order valence-electron chi connectivity index (χ4n) is 2.78. The van der Waals surface area contributed by atoms with E-state index in [1.165, 1.54) is 4.68 Å². The number of benzene rings is 1. The lowest BCUT2D eigenvalue weighted by Crippen LogP contribution is -2.23. The van der Waals surface area contributed by atoms with Crippen LogP contribution in [0.2, 0.25) is 0 Å². The van der Waals surface area contributed by atoms with E-state index in [0.29, 0.717) is 19.0 Å². The third kappa shape index (κ3) is 5.53. The maximum Gasteiger partial charge on any atom is 0.336 e. The molecule has 0 fully saturated rings. The first-order chi connectivity index (χ1) is 13.1. The number of ether oxygens (including phenoxy) is 3. The average molecular weight is 375 g/mol. The van der Waals surface area contributed by atoms with Crippen molar-refractivity contribution < 1.29 is 19.0 Å². The monoisotopic (exact) mass is 375 g/mol. The molecular weight excluding hydrogens is 346 g/mol. The molecule has 1 unspecified atom stereocenters. The van der Waals surface area contributed by atoms with Gasteiger partial charge in [-0.25, -0.2) is 0 Å². The van der Waals surface area contributed by atoms with Gasteiger partial charge in [0.1, 0.15) is 12.4 Å². The molecular formula is C20H29N3O4. The minimum atomic E-state index is -0.0875. The van der Waals surface area contributed by atoms with Crippen LogP contribution >= 0.6 is 0 Å². The van der Waals surface area contributed by atoms with Gasteiger partial charge in [0.15, 0.2) is 5.82 Å². The van der Waals surface area contributed by atoms with Crippen molar-refractivity contribution in [3.63, 3.8) is 0 Å². The van der Waals surface area contributed by atoms with Gasteiger partial charge in [0.05, 0.1) is 13.7 Å². The van der Waals surface area contributed by atoms with Gasteiger partial charge >= 0.3 is 6.01 Å². The Morgan fingerprint density at radius 1 is 1.15 bits per heavy atom. The number of hydrogen-bond donors (Lipinski definition) is 0. The van der Waals surface area contributed by atoms with Gasteiger partial charge in [0, 0.05) is 18.6 Å². The zero-order valence-electron chi connectivity index (χ0n) is 16.6. The Hall–Kier alpha value is -2.41. The molecule has 1 aromatic heterocycles. The summed E-state index contributed by atoms with van der Waals surface area (Å²) in [7, 11) is 3.21. The molecule has 1 aromatic carbocycles. The van der Waals surface area contributed by atoms with Gasteiger partial charge in [-0.3, -0.25) is 4.79 Å². The standard InChI is InChI=1S/C20H29N3O4/c1-5-7-8-15(6-2)19(24)23-18(16-9-11-17(26-4)12-10-16)21-20(22-23)27-14-13-25-3/h9-12,15H,5-8,13-14H2,1-4H3. The molecule has 1 atom stereocenters. The Morgan fingerprint density at radius 3 is 2.48 bits per heavy atom. The SMILES string of the molecule is CCCCC(CC)C(=O)n1nc(OCCOC)nc1-c1ccc(OC)cc1. The van der Waals surface area contributed by atoms with Crippen LogP contribution < -0.4 is 9.47 Å². The van der Waals surface area contributed by atoms with Gasteiger partial charge in [-0.2, -0.15) is 9.67 Å². The molecule has 7 heteroatoms. The minimum absolute atomic E-state index is 0.0501. The van der Waals surface area contributed by atoms with Crippen LogP contribution in [0.5, 0.6) is 11.8 Å². The largest absolute Gasteiger partial charge is 0.497 e. The molecule has 0 spiro atoms. The third-order valence-corrected chi connectivity index (χ3v) is 4.41. The van der Waals surface area contributed by atoms with E-state index in [2.05, 4.69) is 17.0 Å². The molecule has 2 aromatic rings. The molecule has 27 heavy (non-hydrogen) atoms. The highest BCUT2D eigenvalue weighted by molar-refractivity contribution is 5.84. The van der Waals surface area contributed by atoms with E-state index in [4.69, 9.17) is 14.2 Å². The first kappa shape index (κ1) is 20.9. The van der Waals surface area contributed by atoms with Crippen LogP contribution in [0.4, 0.5) is 0 Å². The van der Waals surface area contributed by atoms with Crippen molar-refractivity contribution in [2.45, 2.75) is 39.5 Å². The van der Waals surface area contributed by atoms with E-state index >= 15 is 0 Å². The van der Waals surface area contributed by atoms with Crippen molar-refractivity contribution in [3.8, 4) is 23.1 Å². The molecule has 0 aliphatic heterocycles. The van der Waals surface area contributed by atoms with Crippen molar-refractivity contribution in [1.82, 2.24) is 14.8 Å². The molecule has 0 aliphatic rings. The summed E-state index contributed by atoms with van der Waals surface area (Å²) in [6, 6.07) is 7.56. The second kappa shape index (κ2) is 10.7. The normalized spacial score (nSPS) is 12.0. The predicted molar refractivity (Wildman–Crippen MR) is 103 cm³/mol. The van der Waals surface area contributed by atoms with Crippen LogP contribution in [-0.4, -0.2) is 48.1 Å². The van der Waals surface area contributed by atoms with Gasteiger partial charge < -0.3 is 14.2 Å². The molecule has 0 amide bonds. The first-order valence-corrected chi connectivity index (χ1v) is 9.42. The van der Waals surface area contributed by atoms with Gasteiger partial charge in [0.25, 0.3) is 5.91 Å². The Balaban J connectivity index is 2.35. The molecule has 0 saturated carbocycles. The van der Waals surface area contributed by atoms with Crippen molar-refractivity contribution in [2.24, 2.45) is 5.92 Å². The number of carbonyl (C=O) groups excluding carboxylic acids is 1. The molecule has 7 nitrogen and oxygen atoms in total. The van der Waals surface area contributed by atoms with Crippen LogP contribution in [0.25, 0.3) is 11.4 Å². The molecule has 0 bridgehead atoms. The molecule has 1 heterocycles. The van der Waals surface area contributed by atoms with E-state index in [0.717, 1.165) is 37.0 Å². The van der Waals surface area contributed by atoms with Crippen molar-refractivity contribution in [2.75, 3.05) is 27.4 Å². The first-order valence-electron chi connectivity index (χ1n) is 9.42. The molecule has 0 N–H and O–H groups in total. The molecule has 0 saturated heterocycles. The number of hydrogen-bond acceptors (Lipinski definition) is 6. The van der Waals surface area contributed by atoms with Gasteiger partial charge in [-0.05, 0) is 37.1 Å². The number of rotatable bonds is 11. The number of aromatic nitrogens is 3. The van der Waals surface area contributed by atoms with Crippen molar-refractivity contribution in [1.29, 1.82) is 0 Å². The van der Waals surface area contributed by atoms with Crippen molar-refractivity contribution >= 4 is 5.91 Å².